The highest BCUT2D eigenvalue weighted by atomic mass is 16.5. The Morgan fingerprint density at radius 1 is 0.474 bits per heavy atom. The first-order valence-corrected chi connectivity index (χ1v) is 19.3. The van der Waals surface area contributed by atoms with Gasteiger partial charge in [0, 0.05) is 55.6 Å². The number of nitrogens with zero attached hydrogens (tertiary/aromatic N) is 4. The molecule has 4 heterocycles. The Morgan fingerprint density at radius 3 is 1.86 bits per heavy atom. The molecule has 0 spiro atoms. The number of benzene rings is 7. The molecule has 3 aromatic heterocycles. The summed E-state index contributed by atoms with van der Waals surface area (Å²) in [6.07, 6.45) is 4.40. The van der Waals surface area contributed by atoms with Crippen LogP contribution in [-0.2, 0) is 0 Å². The molecule has 0 amide bonds. The highest BCUT2D eigenvalue weighted by molar-refractivity contribution is 6.05. The van der Waals surface area contributed by atoms with Crippen molar-refractivity contribution >= 4 is 38.9 Å². The second-order valence-electron chi connectivity index (χ2n) is 14.7. The molecule has 0 saturated carbocycles. The van der Waals surface area contributed by atoms with Gasteiger partial charge in [0.05, 0.1) is 11.2 Å². The van der Waals surface area contributed by atoms with Crippen molar-refractivity contribution in [2.75, 3.05) is 0 Å². The summed E-state index contributed by atoms with van der Waals surface area (Å²) in [5.74, 6) is 2.70. The minimum atomic E-state index is -0.172. The van der Waals surface area contributed by atoms with Gasteiger partial charge in [0.25, 0.3) is 0 Å². The van der Waals surface area contributed by atoms with E-state index in [0.717, 1.165) is 66.8 Å². The van der Waals surface area contributed by atoms with Crippen molar-refractivity contribution in [1.29, 1.82) is 0 Å². The second-order valence-corrected chi connectivity index (χ2v) is 14.7. The number of furan rings is 1. The van der Waals surface area contributed by atoms with E-state index in [-0.39, 0.29) is 12.0 Å². The molecule has 1 aliphatic heterocycles. The number of aromatic nitrogens is 4. The summed E-state index contributed by atoms with van der Waals surface area (Å²) in [6.45, 7) is 0. The van der Waals surface area contributed by atoms with E-state index in [2.05, 4.69) is 132 Å². The third-order valence-electron chi connectivity index (χ3n) is 11.4. The van der Waals surface area contributed by atoms with Gasteiger partial charge in [-0.3, -0.25) is 0 Å². The second kappa shape index (κ2) is 12.5. The minimum Gasteiger partial charge on any atom is -0.484 e. The van der Waals surface area contributed by atoms with Crippen LogP contribution in [0.15, 0.2) is 180 Å². The zero-order valence-corrected chi connectivity index (χ0v) is 30.6. The maximum atomic E-state index is 6.89. The van der Waals surface area contributed by atoms with Crippen LogP contribution in [0.1, 0.15) is 28.8 Å². The fraction of sp³-hybridized carbons (Fsp3) is 0.0392. The van der Waals surface area contributed by atoms with E-state index in [4.69, 9.17) is 24.1 Å². The Hall–Kier alpha value is -7.57. The highest BCUT2D eigenvalue weighted by Crippen LogP contribution is 2.53. The Kier molecular flexibility index (Phi) is 6.95. The molecule has 57 heavy (non-hydrogen) atoms. The van der Waals surface area contributed by atoms with E-state index in [1.165, 1.54) is 22.1 Å². The first-order chi connectivity index (χ1) is 28.2. The number of para-hydroxylation sites is 2. The van der Waals surface area contributed by atoms with Crippen molar-refractivity contribution < 1.29 is 9.15 Å². The van der Waals surface area contributed by atoms with Gasteiger partial charge in [-0.25, -0.2) is 15.0 Å². The largest absolute Gasteiger partial charge is 0.484 e. The fourth-order valence-electron chi connectivity index (χ4n) is 8.74. The van der Waals surface area contributed by atoms with Crippen LogP contribution in [0.3, 0.4) is 0 Å². The van der Waals surface area contributed by atoms with Crippen molar-refractivity contribution in [1.82, 2.24) is 19.5 Å². The van der Waals surface area contributed by atoms with Gasteiger partial charge in [0.2, 0.25) is 0 Å². The zero-order valence-electron chi connectivity index (χ0n) is 30.6. The Morgan fingerprint density at radius 2 is 1.07 bits per heavy atom. The van der Waals surface area contributed by atoms with Crippen molar-refractivity contribution in [3.05, 3.63) is 193 Å². The summed E-state index contributed by atoms with van der Waals surface area (Å²) in [5.41, 5.74) is 12.5. The monoisotopic (exact) mass is 732 g/mol. The maximum Gasteiger partial charge on any atom is 0.164 e. The van der Waals surface area contributed by atoms with Crippen LogP contribution < -0.4 is 4.74 Å². The summed E-state index contributed by atoms with van der Waals surface area (Å²) in [6, 6.07) is 58.7. The van der Waals surface area contributed by atoms with E-state index in [9.17, 15) is 0 Å². The molecule has 1 aliphatic carbocycles. The van der Waals surface area contributed by atoms with Gasteiger partial charge in [0.15, 0.2) is 17.5 Å². The lowest BCUT2D eigenvalue weighted by atomic mass is 9.85. The first kappa shape index (κ1) is 31.7. The number of hydrogen-bond acceptors (Lipinski definition) is 5. The SMILES string of the molecule is C1=CC2c3cc(-c4nc(-c5ccccc5)nc(-c5ccc6c(c5)oc5ccccc56)n4)ccc3OC2c2c1n(-c1ccc(-c3ccccc3)cc1)c1ccccc21. The van der Waals surface area contributed by atoms with Crippen molar-refractivity contribution in [2.45, 2.75) is 12.0 Å². The lowest BCUT2D eigenvalue weighted by Gasteiger charge is -2.22. The van der Waals surface area contributed by atoms with Gasteiger partial charge >= 0.3 is 0 Å². The minimum absolute atomic E-state index is 0.0255. The number of fused-ring (bicyclic) bond motifs is 10. The Balaban J connectivity index is 0.944. The molecule has 2 atom stereocenters. The molecule has 12 rings (SSSR count). The lowest BCUT2D eigenvalue weighted by molar-refractivity contribution is 0.224. The van der Waals surface area contributed by atoms with E-state index in [1.54, 1.807) is 0 Å². The Bertz CT molecular complexity index is 3220. The average molecular weight is 733 g/mol. The van der Waals surface area contributed by atoms with Crippen LogP contribution in [0.25, 0.3) is 89.9 Å². The highest BCUT2D eigenvalue weighted by Gasteiger charge is 2.40. The smallest absolute Gasteiger partial charge is 0.164 e. The molecule has 0 saturated heterocycles. The van der Waals surface area contributed by atoms with Crippen LogP contribution in [0.4, 0.5) is 0 Å². The normalized spacial score (nSPS) is 15.4. The van der Waals surface area contributed by atoms with Crippen LogP contribution in [0, 0.1) is 0 Å². The van der Waals surface area contributed by atoms with Gasteiger partial charge < -0.3 is 13.7 Å². The molecule has 2 aliphatic rings. The van der Waals surface area contributed by atoms with Crippen LogP contribution in [0.5, 0.6) is 5.75 Å². The molecule has 6 heteroatoms. The van der Waals surface area contributed by atoms with Crippen molar-refractivity contribution in [3.63, 3.8) is 0 Å². The topological polar surface area (TPSA) is 66.0 Å². The van der Waals surface area contributed by atoms with Crippen LogP contribution in [-0.4, -0.2) is 19.5 Å². The zero-order chi connectivity index (χ0) is 37.5. The van der Waals surface area contributed by atoms with E-state index >= 15 is 0 Å². The summed E-state index contributed by atoms with van der Waals surface area (Å²) in [7, 11) is 0. The van der Waals surface area contributed by atoms with Crippen LogP contribution in [0.2, 0.25) is 0 Å². The van der Waals surface area contributed by atoms with Crippen LogP contribution >= 0.6 is 0 Å². The number of hydrogen-bond donors (Lipinski definition) is 0. The predicted molar refractivity (Wildman–Crippen MR) is 227 cm³/mol. The molecule has 0 fully saturated rings. The van der Waals surface area contributed by atoms with E-state index in [0.29, 0.717) is 17.5 Å². The lowest BCUT2D eigenvalue weighted by Crippen LogP contribution is -2.13. The summed E-state index contributed by atoms with van der Waals surface area (Å²) < 4.78 is 15.5. The molecule has 0 bridgehead atoms. The van der Waals surface area contributed by atoms with Gasteiger partial charge in [-0.2, -0.15) is 0 Å². The third-order valence-corrected chi connectivity index (χ3v) is 11.4. The number of ether oxygens (including phenoxy) is 1. The van der Waals surface area contributed by atoms with Gasteiger partial charge in [-0.05, 0) is 71.8 Å². The molecular weight excluding hydrogens is 701 g/mol. The molecule has 10 aromatic rings. The standard InChI is InChI=1S/C51H32N4O2/c1-3-11-31(12-4-1)32-19-23-36(24-20-32)55-42-17-9-7-16-40(42)47-43(55)27-26-39-41-29-34(22-28-45(41)57-48(39)47)50-52-49(33-13-5-2-6-14-33)53-51(54-50)35-21-25-38-37-15-8-10-18-44(37)56-46(38)30-35/h1-30,39,48H. The van der Waals surface area contributed by atoms with Crippen molar-refractivity contribution in [3.8, 4) is 56.7 Å². The summed E-state index contributed by atoms with van der Waals surface area (Å²) in [5, 5.41) is 3.35. The molecule has 7 aromatic carbocycles. The molecule has 0 N–H and O–H groups in total. The predicted octanol–water partition coefficient (Wildman–Crippen LogP) is 12.6. The first-order valence-electron chi connectivity index (χ1n) is 19.3. The molecule has 268 valence electrons. The Labute approximate surface area is 328 Å². The van der Waals surface area contributed by atoms with Crippen molar-refractivity contribution in [2.24, 2.45) is 0 Å². The van der Waals surface area contributed by atoms with Gasteiger partial charge in [-0.15, -0.1) is 0 Å². The van der Waals surface area contributed by atoms with E-state index < -0.39 is 0 Å². The third kappa shape index (κ3) is 5.07. The van der Waals surface area contributed by atoms with E-state index in [1.807, 2.05) is 54.6 Å². The molecule has 6 nitrogen and oxygen atoms in total. The molecular formula is C51H32N4O2. The number of rotatable bonds is 5. The fourth-order valence-corrected chi connectivity index (χ4v) is 8.74. The summed E-state index contributed by atoms with van der Waals surface area (Å²) >= 11 is 0. The van der Waals surface area contributed by atoms with Gasteiger partial charge in [-0.1, -0.05) is 121 Å². The summed E-state index contributed by atoms with van der Waals surface area (Å²) in [4.78, 5) is 15.2. The maximum absolute atomic E-state index is 6.89. The molecule has 0 radical (unpaired) electrons. The quantitative estimate of drug-likeness (QED) is 0.176. The van der Waals surface area contributed by atoms with Gasteiger partial charge in [0.1, 0.15) is 23.0 Å². The molecule has 2 unspecified atom stereocenters. The average Bonchev–Trinajstić information content (AvgIpc) is 3.96.